The molecular formula is C16H13ClN2O3S. The zero-order valence-corrected chi connectivity index (χ0v) is 13.8. The molecule has 0 unspecified atom stereocenters. The summed E-state index contributed by atoms with van der Waals surface area (Å²) in [5.74, 6) is 0.862. The van der Waals surface area contributed by atoms with E-state index in [0.717, 1.165) is 4.88 Å². The molecule has 0 aliphatic heterocycles. The van der Waals surface area contributed by atoms with Gasteiger partial charge < -0.3 is 14.6 Å². The van der Waals surface area contributed by atoms with Crippen LogP contribution in [0.4, 0.5) is 0 Å². The summed E-state index contributed by atoms with van der Waals surface area (Å²) >= 11 is 7.50. The van der Waals surface area contributed by atoms with Gasteiger partial charge in [-0.1, -0.05) is 22.8 Å². The van der Waals surface area contributed by atoms with Crippen molar-refractivity contribution in [3.05, 3.63) is 58.1 Å². The number of carbonyl (C=O) groups excluding carboxylic acids is 1. The number of methoxy groups -OCH3 is 1. The van der Waals surface area contributed by atoms with Gasteiger partial charge in [-0.2, -0.15) is 0 Å². The zero-order chi connectivity index (χ0) is 16.2. The molecule has 118 valence electrons. The summed E-state index contributed by atoms with van der Waals surface area (Å²) in [6.45, 7) is 0.253. The lowest BCUT2D eigenvalue weighted by Gasteiger charge is -2.08. The number of carbonyl (C=O) groups is 1. The lowest BCUT2D eigenvalue weighted by atomic mass is 10.2. The standard InChI is InChI=1S/C16H13ClN2O3S/c1-21-13-5-4-10(17)7-12(13)16(20)18-9-11-8-14(22-19-11)15-3-2-6-23-15/h2-8H,9H2,1H3,(H,18,20). The molecule has 5 nitrogen and oxygen atoms in total. The van der Waals surface area contributed by atoms with E-state index in [9.17, 15) is 4.79 Å². The second-order valence-corrected chi connectivity index (χ2v) is 6.07. The van der Waals surface area contributed by atoms with Crippen LogP contribution in [-0.4, -0.2) is 18.2 Å². The largest absolute Gasteiger partial charge is 0.496 e. The third-order valence-corrected chi connectivity index (χ3v) is 4.28. The molecule has 0 saturated carbocycles. The Labute approximate surface area is 141 Å². The molecule has 23 heavy (non-hydrogen) atoms. The number of rotatable bonds is 5. The first-order chi connectivity index (χ1) is 11.2. The minimum absolute atomic E-state index is 0.253. The summed E-state index contributed by atoms with van der Waals surface area (Å²) in [5.41, 5.74) is 1.02. The molecule has 1 aromatic carbocycles. The molecule has 0 spiro atoms. The van der Waals surface area contributed by atoms with Crippen LogP contribution in [0.5, 0.6) is 5.75 Å². The molecule has 0 saturated heterocycles. The molecule has 7 heteroatoms. The summed E-state index contributed by atoms with van der Waals surface area (Å²) in [6.07, 6.45) is 0. The minimum Gasteiger partial charge on any atom is -0.496 e. The number of nitrogens with zero attached hydrogens (tertiary/aromatic N) is 1. The van der Waals surface area contributed by atoms with E-state index in [-0.39, 0.29) is 12.5 Å². The van der Waals surface area contributed by atoms with Crippen molar-refractivity contribution in [2.45, 2.75) is 6.54 Å². The molecule has 2 heterocycles. The van der Waals surface area contributed by atoms with Gasteiger partial charge in [-0.15, -0.1) is 11.3 Å². The topological polar surface area (TPSA) is 64.4 Å². The van der Waals surface area contributed by atoms with E-state index in [1.54, 1.807) is 35.6 Å². The summed E-state index contributed by atoms with van der Waals surface area (Å²) in [6, 6.07) is 10.6. The third kappa shape index (κ3) is 3.55. The molecule has 0 aliphatic carbocycles. The lowest BCUT2D eigenvalue weighted by molar-refractivity contribution is 0.0947. The highest BCUT2D eigenvalue weighted by molar-refractivity contribution is 7.13. The van der Waals surface area contributed by atoms with Crippen molar-refractivity contribution in [1.82, 2.24) is 10.5 Å². The van der Waals surface area contributed by atoms with Crippen molar-refractivity contribution in [1.29, 1.82) is 0 Å². The summed E-state index contributed by atoms with van der Waals surface area (Å²) in [4.78, 5) is 13.3. The average Bonchev–Trinajstić information content (AvgIpc) is 3.23. The maximum atomic E-state index is 12.3. The smallest absolute Gasteiger partial charge is 0.255 e. The Morgan fingerprint density at radius 3 is 3.00 bits per heavy atom. The molecule has 3 rings (SSSR count). The van der Waals surface area contributed by atoms with Gasteiger partial charge in [-0.3, -0.25) is 4.79 Å². The van der Waals surface area contributed by atoms with Gasteiger partial charge in [0.15, 0.2) is 5.76 Å². The number of benzene rings is 1. The van der Waals surface area contributed by atoms with Crippen LogP contribution >= 0.6 is 22.9 Å². The van der Waals surface area contributed by atoms with E-state index in [1.165, 1.54) is 7.11 Å². The number of halogens is 1. The Balaban J connectivity index is 1.69. The van der Waals surface area contributed by atoms with Crippen LogP contribution in [0.2, 0.25) is 5.02 Å². The fourth-order valence-corrected chi connectivity index (χ4v) is 2.90. The Bertz CT molecular complexity index is 815. The van der Waals surface area contributed by atoms with Crippen LogP contribution in [-0.2, 0) is 6.54 Å². The van der Waals surface area contributed by atoms with E-state index >= 15 is 0 Å². The number of nitrogens with one attached hydrogen (secondary N) is 1. The van der Waals surface area contributed by atoms with E-state index in [1.807, 2.05) is 17.5 Å². The number of hydrogen-bond acceptors (Lipinski definition) is 5. The number of hydrogen-bond donors (Lipinski definition) is 1. The molecule has 0 radical (unpaired) electrons. The van der Waals surface area contributed by atoms with Crippen molar-refractivity contribution in [3.63, 3.8) is 0 Å². The van der Waals surface area contributed by atoms with Gasteiger partial charge in [0.2, 0.25) is 0 Å². The first-order valence-corrected chi connectivity index (χ1v) is 8.04. The van der Waals surface area contributed by atoms with E-state index in [0.29, 0.717) is 27.8 Å². The van der Waals surface area contributed by atoms with Crippen LogP contribution < -0.4 is 10.1 Å². The number of amides is 1. The van der Waals surface area contributed by atoms with E-state index in [2.05, 4.69) is 10.5 Å². The maximum Gasteiger partial charge on any atom is 0.255 e. The zero-order valence-electron chi connectivity index (χ0n) is 12.2. The monoisotopic (exact) mass is 348 g/mol. The first kappa shape index (κ1) is 15.6. The van der Waals surface area contributed by atoms with Gasteiger partial charge in [0.05, 0.1) is 24.1 Å². The van der Waals surface area contributed by atoms with Crippen LogP contribution in [0, 0.1) is 0 Å². The van der Waals surface area contributed by atoms with Crippen LogP contribution in [0.3, 0.4) is 0 Å². The maximum absolute atomic E-state index is 12.3. The van der Waals surface area contributed by atoms with Gasteiger partial charge in [-0.25, -0.2) is 0 Å². The number of aromatic nitrogens is 1. The molecule has 2 aromatic heterocycles. The molecular weight excluding hydrogens is 336 g/mol. The second kappa shape index (κ2) is 6.85. The molecule has 0 aliphatic rings. The Morgan fingerprint density at radius 2 is 2.26 bits per heavy atom. The predicted octanol–water partition coefficient (Wildman–Crippen LogP) is 4.00. The molecule has 0 fully saturated rings. The van der Waals surface area contributed by atoms with Gasteiger partial charge in [0, 0.05) is 11.1 Å². The fraction of sp³-hybridized carbons (Fsp3) is 0.125. The molecule has 0 atom stereocenters. The highest BCUT2D eigenvalue weighted by atomic mass is 35.5. The molecule has 1 N–H and O–H groups in total. The molecule has 1 amide bonds. The van der Waals surface area contributed by atoms with Gasteiger partial charge in [0.25, 0.3) is 5.91 Å². The fourth-order valence-electron chi connectivity index (χ4n) is 2.05. The Hall–Kier alpha value is -2.31. The summed E-state index contributed by atoms with van der Waals surface area (Å²) in [5, 5.41) is 9.17. The van der Waals surface area contributed by atoms with Crippen molar-refractivity contribution in [2.75, 3.05) is 7.11 Å². The highest BCUT2D eigenvalue weighted by Crippen LogP contribution is 2.25. The first-order valence-electron chi connectivity index (χ1n) is 6.78. The van der Waals surface area contributed by atoms with Crippen molar-refractivity contribution < 1.29 is 14.1 Å². The van der Waals surface area contributed by atoms with Crippen LogP contribution in [0.25, 0.3) is 10.6 Å². The Morgan fingerprint density at radius 1 is 1.39 bits per heavy atom. The SMILES string of the molecule is COc1ccc(Cl)cc1C(=O)NCc1cc(-c2cccs2)on1. The van der Waals surface area contributed by atoms with Gasteiger partial charge >= 0.3 is 0 Å². The molecule has 3 aromatic rings. The summed E-state index contributed by atoms with van der Waals surface area (Å²) < 4.78 is 10.4. The lowest BCUT2D eigenvalue weighted by Crippen LogP contribution is -2.23. The van der Waals surface area contributed by atoms with E-state index in [4.69, 9.17) is 20.9 Å². The van der Waals surface area contributed by atoms with Crippen molar-refractivity contribution in [2.24, 2.45) is 0 Å². The van der Waals surface area contributed by atoms with Crippen LogP contribution in [0.1, 0.15) is 16.1 Å². The molecule has 0 bridgehead atoms. The van der Waals surface area contributed by atoms with Crippen molar-refractivity contribution in [3.8, 4) is 16.4 Å². The minimum atomic E-state index is -0.287. The second-order valence-electron chi connectivity index (χ2n) is 4.69. The average molecular weight is 349 g/mol. The van der Waals surface area contributed by atoms with Crippen molar-refractivity contribution >= 4 is 28.8 Å². The highest BCUT2D eigenvalue weighted by Gasteiger charge is 2.14. The van der Waals surface area contributed by atoms with E-state index < -0.39 is 0 Å². The Kier molecular flexibility index (Phi) is 4.64. The third-order valence-electron chi connectivity index (χ3n) is 3.16. The quantitative estimate of drug-likeness (QED) is 0.757. The predicted molar refractivity (Wildman–Crippen MR) is 89.0 cm³/mol. The van der Waals surface area contributed by atoms with Crippen LogP contribution in [0.15, 0.2) is 46.3 Å². The normalized spacial score (nSPS) is 10.5. The van der Waals surface area contributed by atoms with Gasteiger partial charge in [0.1, 0.15) is 11.4 Å². The number of thiophene rings is 1. The van der Waals surface area contributed by atoms with Gasteiger partial charge in [-0.05, 0) is 29.6 Å². The number of ether oxygens (including phenoxy) is 1. The summed E-state index contributed by atoms with van der Waals surface area (Å²) in [7, 11) is 1.50.